The van der Waals surface area contributed by atoms with Crippen molar-refractivity contribution < 1.29 is 24.9 Å². The number of carbonyl (C=O) groups is 1. The molecule has 8 unspecified atom stereocenters. The highest BCUT2D eigenvalue weighted by Crippen LogP contribution is 2.88. The third kappa shape index (κ3) is 1.26. The van der Waals surface area contributed by atoms with Gasteiger partial charge in [-0.25, -0.2) is 0 Å². The number of fused-ring (bicyclic) bond motifs is 1. The van der Waals surface area contributed by atoms with Crippen molar-refractivity contribution in [1.29, 1.82) is 0 Å². The Hall–Kier alpha value is -0.950. The number of ether oxygens (including phenoxy) is 1. The zero-order chi connectivity index (χ0) is 19.6. The maximum atomic E-state index is 12.2. The molecule has 3 aliphatic heterocycles. The van der Waals surface area contributed by atoms with Gasteiger partial charge in [-0.3, -0.25) is 9.69 Å². The van der Waals surface area contributed by atoms with E-state index in [0.29, 0.717) is 24.8 Å². The minimum Gasteiger partial charge on any atom is -0.463 e. The zero-order valence-electron chi connectivity index (χ0n) is 16.5. The van der Waals surface area contributed by atoms with E-state index in [0.717, 1.165) is 25.0 Å². The maximum absolute atomic E-state index is 12.2. The molecule has 3 heterocycles. The first-order valence-corrected chi connectivity index (χ1v) is 10.8. The van der Waals surface area contributed by atoms with Crippen molar-refractivity contribution in [2.45, 2.75) is 75.5 Å². The second-order valence-corrected chi connectivity index (χ2v) is 11.5. The lowest BCUT2D eigenvalue weighted by Gasteiger charge is -2.67. The number of hydrogen-bond acceptors (Lipinski definition) is 6. The summed E-state index contributed by atoms with van der Waals surface area (Å²) in [5.41, 5.74) is -1.07. The van der Waals surface area contributed by atoms with E-state index >= 15 is 0 Å². The van der Waals surface area contributed by atoms with Crippen LogP contribution in [-0.4, -0.2) is 68.7 Å². The molecule has 28 heavy (non-hydrogen) atoms. The number of nitrogens with zero attached hydrogens (tertiary/aromatic N) is 1. The summed E-state index contributed by atoms with van der Waals surface area (Å²) < 4.78 is 5.75. The van der Waals surface area contributed by atoms with Gasteiger partial charge in [0.1, 0.15) is 11.7 Å². The van der Waals surface area contributed by atoms with Crippen LogP contribution in [0.3, 0.4) is 0 Å². The molecule has 9 fully saturated rings. The Labute approximate surface area is 164 Å². The molecule has 0 radical (unpaired) electrons. The molecule has 9 rings (SSSR count). The average Bonchev–Trinajstić information content (AvgIpc) is 2.97. The summed E-state index contributed by atoms with van der Waals surface area (Å²) >= 11 is 0. The second-order valence-electron chi connectivity index (χ2n) is 11.5. The molecule has 0 amide bonds. The fourth-order valence-electron chi connectivity index (χ4n) is 11.0. The van der Waals surface area contributed by atoms with Crippen molar-refractivity contribution in [1.82, 2.24) is 4.90 Å². The fourth-order valence-corrected chi connectivity index (χ4v) is 11.0. The van der Waals surface area contributed by atoms with Gasteiger partial charge >= 0.3 is 5.97 Å². The molecule has 0 aromatic rings. The van der Waals surface area contributed by atoms with E-state index in [2.05, 4.69) is 18.4 Å². The number of carbonyl (C=O) groups excluding carboxylic acids is 1. The van der Waals surface area contributed by atoms with Crippen LogP contribution in [0.2, 0.25) is 0 Å². The summed E-state index contributed by atoms with van der Waals surface area (Å²) in [7, 11) is 0. The molecule has 9 aliphatic rings. The number of aliphatic hydroxyl groups excluding tert-OH is 2. The van der Waals surface area contributed by atoms with Crippen molar-refractivity contribution in [3.8, 4) is 0 Å². The van der Waals surface area contributed by atoms with Gasteiger partial charge in [0.2, 0.25) is 0 Å². The summed E-state index contributed by atoms with van der Waals surface area (Å²) in [6.07, 6.45) is 1.27. The second kappa shape index (κ2) is 4.25. The molecule has 6 heteroatoms. The summed E-state index contributed by atoms with van der Waals surface area (Å²) in [6, 6.07) is 0.245. The number of aliphatic hydroxyl groups is 3. The first kappa shape index (κ1) is 16.8. The number of rotatable bonds is 1. The Morgan fingerprint density at radius 3 is 2.71 bits per heavy atom. The highest BCUT2D eigenvalue weighted by atomic mass is 16.5. The predicted molar refractivity (Wildman–Crippen MR) is 97.9 cm³/mol. The molecule has 6 saturated carbocycles. The normalized spacial score (nSPS) is 69.3. The monoisotopic (exact) mass is 387 g/mol. The summed E-state index contributed by atoms with van der Waals surface area (Å²) in [4.78, 5) is 14.3. The minimum atomic E-state index is -1.20. The topological polar surface area (TPSA) is 90.2 Å². The Kier molecular flexibility index (Phi) is 2.55. The smallest absolute Gasteiger partial charge is 0.302 e. The lowest BCUT2D eigenvalue weighted by molar-refractivity contribution is -0.280. The van der Waals surface area contributed by atoms with Gasteiger partial charge in [-0.15, -0.1) is 0 Å². The van der Waals surface area contributed by atoms with E-state index in [1.807, 2.05) is 0 Å². The van der Waals surface area contributed by atoms with Gasteiger partial charge in [0.15, 0.2) is 0 Å². The van der Waals surface area contributed by atoms with Crippen molar-refractivity contribution >= 4 is 5.97 Å². The largest absolute Gasteiger partial charge is 0.463 e. The molecule has 0 aromatic heterocycles. The molecule has 0 aromatic carbocycles. The molecule has 2 spiro atoms. The third-order valence-electron chi connectivity index (χ3n) is 10.6. The van der Waals surface area contributed by atoms with Crippen LogP contribution in [0, 0.1) is 34.0 Å². The van der Waals surface area contributed by atoms with Gasteiger partial charge in [-0.1, -0.05) is 19.1 Å². The van der Waals surface area contributed by atoms with Crippen LogP contribution < -0.4 is 0 Å². The van der Waals surface area contributed by atoms with Gasteiger partial charge in [-0.2, -0.15) is 0 Å². The zero-order valence-corrected chi connectivity index (χ0v) is 16.5. The quantitative estimate of drug-likeness (QED) is 0.447. The molecule has 3 saturated heterocycles. The van der Waals surface area contributed by atoms with Crippen LogP contribution in [0.15, 0.2) is 12.2 Å². The first-order chi connectivity index (χ1) is 13.1. The molecule has 152 valence electrons. The summed E-state index contributed by atoms with van der Waals surface area (Å²) in [5.74, 6) is -0.379. The van der Waals surface area contributed by atoms with Crippen molar-refractivity contribution in [3.63, 3.8) is 0 Å². The Morgan fingerprint density at radius 2 is 2.00 bits per heavy atom. The molecule has 6 aliphatic carbocycles. The SMILES string of the molecule is C=C1C[C@]23C[C@H]4C5C6(C)C[C@H](OC(C)=O)C[C@]57C(N4C6)C2(O)C(O)[C@H]1C(O)C73. The van der Waals surface area contributed by atoms with E-state index in [9.17, 15) is 20.1 Å². The first-order valence-electron chi connectivity index (χ1n) is 10.8. The maximum Gasteiger partial charge on any atom is 0.302 e. The predicted octanol–water partition coefficient (Wildman–Crippen LogP) is 0.450. The van der Waals surface area contributed by atoms with Gasteiger partial charge in [0, 0.05) is 48.2 Å². The van der Waals surface area contributed by atoms with Crippen molar-refractivity contribution in [2.24, 2.45) is 34.0 Å². The molecule has 6 nitrogen and oxygen atoms in total. The van der Waals surface area contributed by atoms with Gasteiger partial charge in [-0.05, 0) is 37.0 Å². The van der Waals surface area contributed by atoms with Crippen molar-refractivity contribution in [2.75, 3.05) is 6.54 Å². The Balaban J connectivity index is 1.49. The van der Waals surface area contributed by atoms with E-state index in [4.69, 9.17) is 4.74 Å². The Morgan fingerprint density at radius 1 is 1.25 bits per heavy atom. The van der Waals surface area contributed by atoms with E-state index in [1.165, 1.54) is 6.92 Å². The highest BCUT2D eigenvalue weighted by Gasteiger charge is 2.94. The highest BCUT2D eigenvalue weighted by molar-refractivity contribution is 5.66. The van der Waals surface area contributed by atoms with Crippen LogP contribution in [0.1, 0.15) is 39.5 Å². The van der Waals surface area contributed by atoms with Crippen LogP contribution in [-0.2, 0) is 9.53 Å². The van der Waals surface area contributed by atoms with Gasteiger partial charge in [0.05, 0.1) is 12.2 Å². The van der Waals surface area contributed by atoms with Crippen LogP contribution >= 0.6 is 0 Å². The molecular weight excluding hydrogens is 358 g/mol. The van der Waals surface area contributed by atoms with Crippen LogP contribution in [0.4, 0.5) is 0 Å². The summed E-state index contributed by atoms with van der Waals surface area (Å²) in [5, 5.41) is 35.1. The number of hydrogen-bond donors (Lipinski definition) is 3. The number of piperidine rings is 2. The van der Waals surface area contributed by atoms with Gasteiger partial charge < -0.3 is 20.1 Å². The van der Waals surface area contributed by atoms with Gasteiger partial charge in [0.25, 0.3) is 0 Å². The van der Waals surface area contributed by atoms with Crippen LogP contribution in [0.25, 0.3) is 0 Å². The molecular formula is C22H29NO5. The third-order valence-corrected chi connectivity index (χ3v) is 10.6. The molecule has 3 N–H and O–H groups in total. The molecule has 13 atom stereocenters. The van der Waals surface area contributed by atoms with Crippen LogP contribution in [0.5, 0.6) is 0 Å². The Bertz CT molecular complexity index is 860. The summed E-state index contributed by atoms with van der Waals surface area (Å²) in [6.45, 7) is 8.85. The number of esters is 1. The minimum absolute atomic E-state index is 0.0237. The lowest BCUT2D eigenvalue weighted by atomic mass is 9.39. The van der Waals surface area contributed by atoms with E-state index in [-0.39, 0.29) is 34.9 Å². The van der Waals surface area contributed by atoms with E-state index in [1.54, 1.807) is 0 Å². The van der Waals surface area contributed by atoms with Crippen molar-refractivity contribution in [3.05, 3.63) is 12.2 Å². The average molecular weight is 387 g/mol. The molecule has 9 bridgehead atoms. The van der Waals surface area contributed by atoms with E-state index < -0.39 is 29.1 Å². The standard InChI is InChI=1S/C22H29NO5/c1-9-4-20-7-12-15-19(3)5-11(28-10(2)24)6-21(15)16(20)14(25)13(9)17(26)22(20,27)18(21)23(12)8-19/h11-18,25-27H,1,4-8H2,2-3H3/t11-,12-,13+,14?,15?,16?,17?,18?,19?,20+,21-,22?/m0/s1. The fraction of sp³-hybridized carbons (Fsp3) is 0.864. The lowest BCUT2D eigenvalue weighted by Crippen LogP contribution is -2.76.